The van der Waals surface area contributed by atoms with Crippen molar-refractivity contribution in [2.45, 2.75) is 0 Å². The van der Waals surface area contributed by atoms with Crippen LogP contribution in [0.1, 0.15) is 0 Å². The first-order valence-electron chi connectivity index (χ1n) is 2.50. The number of rotatable bonds is 0. The normalized spacial score (nSPS) is 10.2. The van der Waals surface area contributed by atoms with E-state index in [2.05, 4.69) is 21.5 Å². The lowest BCUT2D eigenvalue weighted by Crippen LogP contribution is -1.92. The van der Waals surface area contributed by atoms with Gasteiger partial charge in [0.1, 0.15) is 5.52 Å². The zero-order valence-electron chi connectivity index (χ0n) is 4.52. The van der Waals surface area contributed by atoms with Crippen LogP contribution in [0, 0.1) is 6.33 Å². The zero-order valence-corrected chi connectivity index (χ0v) is 4.52. The number of aromatic nitrogens is 4. The van der Waals surface area contributed by atoms with Crippen molar-refractivity contribution in [1.29, 1.82) is 0 Å². The van der Waals surface area contributed by atoms with Crippen LogP contribution < -0.4 is 0 Å². The summed E-state index contributed by atoms with van der Waals surface area (Å²) in [5.74, 6) is 0. The van der Waals surface area contributed by atoms with Crippen molar-refractivity contribution >= 4 is 5.52 Å². The van der Waals surface area contributed by atoms with Gasteiger partial charge in [-0.05, 0) is 6.07 Å². The van der Waals surface area contributed by atoms with Crippen LogP contribution in [0.4, 0.5) is 0 Å². The number of nitrogens with zero attached hydrogens (tertiary/aromatic N) is 4. The van der Waals surface area contributed by atoms with Crippen LogP contribution in [0.2, 0.25) is 0 Å². The minimum absolute atomic E-state index is 0.883. The van der Waals surface area contributed by atoms with Gasteiger partial charge in [-0.25, -0.2) is 4.98 Å². The molecule has 0 aromatic carbocycles. The molecule has 0 unspecified atom stereocenters. The number of fused-ring (bicyclic) bond motifs is 1. The van der Waals surface area contributed by atoms with Crippen LogP contribution in [0.15, 0.2) is 18.5 Å². The molecule has 0 bridgehead atoms. The Balaban J connectivity index is 2.95. The Hall–Kier alpha value is -1.45. The Morgan fingerprint density at radius 2 is 2.56 bits per heavy atom. The largest absolute Gasteiger partial charge is 0.230 e. The highest BCUT2D eigenvalue weighted by atomic mass is 15.4. The van der Waals surface area contributed by atoms with Crippen molar-refractivity contribution in [3.05, 3.63) is 24.8 Å². The molecule has 0 saturated carbocycles. The van der Waals surface area contributed by atoms with E-state index in [0.717, 1.165) is 5.52 Å². The maximum atomic E-state index is 3.85. The Bertz CT molecular complexity index is 283. The fourth-order valence-electron chi connectivity index (χ4n) is 0.648. The van der Waals surface area contributed by atoms with Crippen molar-refractivity contribution in [2.75, 3.05) is 0 Å². The van der Waals surface area contributed by atoms with E-state index in [4.69, 9.17) is 0 Å². The van der Waals surface area contributed by atoms with Gasteiger partial charge in [0.25, 0.3) is 0 Å². The third-order valence-electron chi connectivity index (χ3n) is 1.05. The van der Waals surface area contributed by atoms with Crippen LogP contribution in [0.25, 0.3) is 5.52 Å². The summed E-state index contributed by atoms with van der Waals surface area (Å²) in [5.41, 5.74) is 0.883. The third-order valence-corrected chi connectivity index (χ3v) is 1.05. The highest BCUT2D eigenvalue weighted by Gasteiger charge is 1.88. The Kier molecular flexibility index (Phi) is 0.745. The minimum atomic E-state index is 0.883. The van der Waals surface area contributed by atoms with Gasteiger partial charge in [0.05, 0.1) is 12.4 Å². The first-order valence-corrected chi connectivity index (χ1v) is 2.50. The topological polar surface area (TPSA) is 43.1 Å². The summed E-state index contributed by atoms with van der Waals surface area (Å²) in [5, 5.41) is 7.56. The molecule has 9 heavy (non-hydrogen) atoms. The summed E-state index contributed by atoms with van der Waals surface area (Å²) < 4.78 is 1.47. The van der Waals surface area contributed by atoms with Gasteiger partial charge in [-0.2, -0.15) is 5.10 Å². The lowest BCUT2D eigenvalue weighted by atomic mass is 10.6. The summed E-state index contributed by atoms with van der Waals surface area (Å²) in [6, 6.07) is 1.83. The first-order chi connectivity index (χ1) is 4.47. The molecule has 0 N–H and O–H groups in total. The van der Waals surface area contributed by atoms with Gasteiger partial charge < -0.3 is 0 Å². The van der Waals surface area contributed by atoms with E-state index < -0.39 is 0 Å². The summed E-state index contributed by atoms with van der Waals surface area (Å²) in [6.07, 6.45) is 5.74. The molecule has 43 valence electrons. The molecule has 0 saturated heterocycles. The van der Waals surface area contributed by atoms with E-state index in [1.165, 1.54) is 4.63 Å². The van der Waals surface area contributed by atoms with Gasteiger partial charge >= 0.3 is 0 Å². The molecule has 0 aliphatic rings. The van der Waals surface area contributed by atoms with Crippen LogP contribution in [-0.2, 0) is 0 Å². The molecular formula is C5H3N4. The predicted molar refractivity (Wildman–Crippen MR) is 29.6 cm³/mol. The van der Waals surface area contributed by atoms with E-state index in [9.17, 15) is 0 Å². The number of hydrogen-bond donors (Lipinski definition) is 0. The molecule has 2 heterocycles. The smallest absolute Gasteiger partial charge is 0.221 e. The average molecular weight is 119 g/mol. The molecule has 2 aromatic rings. The van der Waals surface area contributed by atoms with E-state index >= 15 is 0 Å². The lowest BCUT2D eigenvalue weighted by molar-refractivity contribution is 0.775. The van der Waals surface area contributed by atoms with Crippen molar-refractivity contribution in [3.8, 4) is 0 Å². The van der Waals surface area contributed by atoms with Gasteiger partial charge in [-0.1, -0.05) is 0 Å². The van der Waals surface area contributed by atoms with E-state index in [1.807, 2.05) is 6.07 Å². The van der Waals surface area contributed by atoms with Crippen LogP contribution in [-0.4, -0.2) is 19.8 Å². The molecule has 1 radical (unpaired) electrons. The highest BCUT2D eigenvalue weighted by Crippen LogP contribution is 1.92. The molecule has 0 amide bonds. The number of hydrogen-bond acceptors (Lipinski definition) is 3. The molecule has 2 aromatic heterocycles. The summed E-state index contributed by atoms with van der Waals surface area (Å²) in [6.45, 7) is 0. The van der Waals surface area contributed by atoms with Crippen LogP contribution in [0.5, 0.6) is 0 Å². The monoisotopic (exact) mass is 119 g/mol. The molecule has 4 heteroatoms. The van der Waals surface area contributed by atoms with Crippen LogP contribution >= 0.6 is 0 Å². The second-order valence-corrected chi connectivity index (χ2v) is 1.60. The summed E-state index contributed by atoms with van der Waals surface area (Å²) in [7, 11) is 0. The van der Waals surface area contributed by atoms with Gasteiger partial charge in [0.2, 0.25) is 6.33 Å². The fraction of sp³-hybridized carbons (Fsp3) is 0. The second kappa shape index (κ2) is 1.51. The second-order valence-electron chi connectivity index (χ2n) is 1.60. The predicted octanol–water partition coefficient (Wildman–Crippen LogP) is -0.0755. The lowest BCUT2D eigenvalue weighted by Gasteiger charge is -1.83. The molecule has 0 fully saturated rings. The Morgan fingerprint density at radius 3 is 3.44 bits per heavy atom. The molecular weight excluding hydrogens is 116 g/mol. The van der Waals surface area contributed by atoms with Crippen molar-refractivity contribution < 1.29 is 0 Å². The molecule has 0 aliphatic carbocycles. The van der Waals surface area contributed by atoms with Gasteiger partial charge in [-0.15, -0.1) is 9.73 Å². The van der Waals surface area contributed by atoms with Gasteiger partial charge in [0.15, 0.2) is 0 Å². The van der Waals surface area contributed by atoms with Crippen molar-refractivity contribution in [1.82, 2.24) is 19.8 Å². The third kappa shape index (κ3) is 0.561. The van der Waals surface area contributed by atoms with E-state index in [1.54, 1.807) is 12.4 Å². The van der Waals surface area contributed by atoms with Crippen LogP contribution in [0.3, 0.4) is 0 Å². The highest BCUT2D eigenvalue weighted by molar-refractivity contribution is 5.39. The maximum absolute atomic E-state index is 3.85. The van der Waals surface area contributed by atoms with Crippen molar-refractivity contribution in [2.24, 2.45) is 0 Å². The first kappa shape index (κ1) is 4.43. The minimum Gasteiger partial charge on any atom is -0.230 e. The zero-order chi connectivity index (χ0) is 6.10. The molecule has 0 atom stereocenters. The summed E-state index contributed by atoms with van der Waals surface area (Å²) in [4.78, 5) is 3.69. The Labute approximate surface area is 51.1 Å². The van der Waals surface area contributed by atoms with E-state index in [-0.39, 0.29) is 0 Å². The molecule has 0 spiro atoms. The summed E-state index contributed by atoms with van der Waals surface area (Å²) >= 11 is 0. The molecule has 4 nitrogen and oxygen atoms in total. The van der Waals surface area contributed by atoms with Gasteiger partial charge in [-0.3, -0.25) is 0 Å². The van der Waals surface area contributed by atoms with E-state index in [0.29, 0.717) is 0 Å². The standard InChI is InChI=1S/C5H3N4/c1-2-7-9-5(1)3-6-4-8-9/h1-3H. The SMILES string of the molecule is [c]1ncc2ccnn2n1. The fourth-order valence-corrected chi connectivity index (χ4v) is 0.648. The molecule has 2 rings (SSSR count). The van der Waals surface area contributed by atoms with Gasteiger partial charge in [0, 0.05) is 0 Å². The van der Waals surface area contributed by atoms with Crippen molar-refractivity contribution in [3.63, 3.8) is 0 Å². The maximum Gasteiger partial charge on any atom is 0.221 e. The Morgan fingerprint density at radius 1 is 1.56 bits per heavy atom. The molecule has 0 aliphatic heterocycles. The average Bonchev–Trinajstić information content (AvgIpc) is 2.33. The quantitative estimate of drug-likeness (QED) is 0.487.